The Balaban J connectivity index is 1.35. The number of fused-ring (bicyclic) bond motifs is 4. The Bertz CT molecular complexity index is 1360. The number of carbonyl (C=O) groups excluding carboxylic acids is 1. The van der Waals surface area contributed by atoms with Crippen LogP contribution < -0.4 is 5.43 Å². The summed E-state index contributed by atoms with van der Waals surface area (Å²) in [5.41, 5.74) is -0.296. The van der Waals surface area contributed by atoms with Crippen molar-refractivity contribution in [3.63, 3.8) is 0 Å². The van der Waals surface area contributed by atoms with Crippen LogP contribution in [0.1, 0.15) is 33.9 Å². The molecule has 1 unspecified atom stereocenters. The zero-order valence-corrected chi connectivity index (χ0v) is 18.2. The van der Waals surface area contributed by atoms with E-state index in [1.165, 1.54) is 12.1 Å². The summed E-state index contributed by atoms with van der Waals surface area (Å²) in [6.45, 7) is 1.98. The number of amides is 1. The standard InChI is InChI=1S/C22H19F2N5O3S/c23-12-4-3-11(15(24)7-12)6-16-25-26-21(33-16)14-9-27-10-17-28-5-1-2-13(28)8-29(17)22(32)18(27)20(31)19(14)30/h3-4,7,9,13,17,31H,1-2,5-6,8,10H2/t13?,17-/m0/s1. The first-order valence-corrected chi connectivity index (χ1v) is 11.5. The molecule has 5 heterocycles. The molecule has 1 amide bonds. The molecular weight excluding hydrogens is 452 g/mol. The highest BCUT2D eigenvalue weighted by Gasteiger charge is 2.48. The van der Waals surface area contributed by atoms with Gasteiger partial charge in [0.15, 0.2) is 16.5 Å². The maximum atomic E-state index is 14.0. The number of hydrogen-bond acceptors (Lipinski definition) is 7. The molecule has 2 atom stereocenters. The molecule has 33 heavy (non-hydrogen) atoms. The first-order chi connectivity index (χ1) is 15.9. The summed E-state index contributed by atoms with van der Waals surface area (Å²) in [5, 5.41) is 19.5. The van der Waals surface area contributed by atoms with Crippen LogP contribution in [0.5, 0.6) is 5.75 Å². The van der Waals surface area contributed by atoms with Crippen LogP contribution in [0.4, 0.5) is 8.78 Å². The normalized spacial score (nSPS) is 21.9. The predicted octanol–water partition coefficient (Wildman–Crippen LogP) is 2.20. The summed E-state index contributed by atoms with van der Waals surface area (Å²) in [5.74, 6) is -2.28. The van der Waals surface area contributed by atoms with E-state index in [1.54, 1.807) is 15.7 Å². The van der Waals surface area contributed by atoms with Crippen molar-refractivity contribution in [1.29, 1.82) is 0 Å². The lowest BCUT2D eigenvalue weighted by Crippen LogP contribution is -2.50. The molecule has 1 aromatic carbocycles. The largest absolute Gasteiger partial charge is 0.503 e. The van der Waals surface area contributed by atoms with Gasteiger partial charge in [-0.3, -0.25) is 14.5 Å². The number of hydrogen-bond donors (Lipinski definition) is 1. The van der Waals surface area contributed by atoms with Crippen molar-refractivity contribution in [2.24, 2.45) is 0 Å². The van der Waals surface area contributed by atoms with Gasteiger partial charge in [-0.05, 0) is 24.5 Å². The van der Waals surface area contributed by atoms with Crippen molar-refractivity contribution in [3.8, 4) is 16.3 Å². The SMILES string of the molecule is O=C1c2c(O)c(=O)c(-c3nnc(Cc4ccc(F)cc4F)s3)cn2C[C@@H]2N1CC1CCCN12. The molecule has 11 heteroatoms. The van der Waals surface area contributed by atoms with Crippen LogP contribution in [0.2, 0.25) is 0 Å². The number of aromatic hydroxyl groups is 1. The summed E-state index contributed by atoms with van der Waals surface area (Å²) in [7, 11) is 0. The molecule has 6 rings (SSSR count). The third-order valence-corrected chi connectivity index (χ3v) is 7.66. The van der Waals surface area contributed by atoms with E-state index in [9.17, 15) is 23.5 Å². The number of halogens is 2. The molecule has 3 aromatic rings. The minimum absolute atomic E-state index is 0.000652. The molecule has 2 aromatic heterocycles. The molecule has 170 valence electrons. The lowest BCUT2D eigenvalue weighted by Gasteiger charge is -2.35. The maximum Gasteiger partial charge on any atom is 0.275 e. The van der Waals surface area contributed by atoms with Gasteiger partial charge in [0, 0.05) is 37.8 Å². The smallest absolute Gasteiger partial charge is 0.275 e. The fourth-order valence-electron chi connectivity index (χ4n) is 5.14. The van der Waals surface area contributed by atoms with Crippen molar-refractivity contribution < 1.29 is 18.7 Å². The molecule has 0 spiro atoms. The lowest BCUT2D eigenvalue weighted by molar-refractivity contribution is 0.0515. The van der Waals surface area contributed by atoms with Crippen molar-refractivity contribution in [3.05, 3.63) is 62.5 Å². The Kier molecular flexibility index (Phi) is 4.59. The van der Waals surface area contributed by atoms with Gasteiger partial charge in [0.2, 0.25) is 5.43 Å². The van der Waals surface area contributed by atoms with Gasteiger partial charge in [-0.25, -0.2) is 8.78 Å². The van der Waals surface area contributed by atoms with E-state index < -0.39 is 22.8 Å². The van der Waals surface area contributed by atoms with Gasteiger partial charge < -0.3 is 14.6 Å². The van der Waals surface area contributed by atoms with Gasteiger partial charge in [0.1, 0.15) is 22.8 Å². The fraction of sp³-hybridized carbons (Fsp3) is 0.364. The molecule has 1 N–H and O–H groups in total. The maximum absolute atomic E-state index is 14.0. The zero-order chi connectivity index (χ0) is 22.9. The van der Waals surface area contributed by atoms with Crippen LogP contribution in [0.25, 0.3) is 10.6 Å². The summed E-state index contributed by atoms with van der Waals surface area (Å²) in [6, 6.07) is 3.64. The van der Waals surface area contributed by atoms with Crippen molar-refractivity contribution >= 4 is 17.2 Å². The number of rotatable bonds is 3. The van der Waals surface area contributed by atoms with Gasteiger partial charge in [0.05, 0.1) is 12.1 Å². The molecule has 0 bridgehead atoms. The van der Waals surface area contributed by atoms with Gasteiger partial charge in [0.25, 0.3) is 5.91 Å². The van der Waals surface area contributed by atoms with Gasteiger partial charge >= 0.3 is 0 Å². The highest BCUT2D eigenvalue weighted by molar-refractivity contribution is 7.14. The second-order valence-corrected chi connectivity index (χ2v) is 9.67. The summed E-state index contributed by atoms with van der Waals surface area (Å²) < 4.78 is 28.8. The Morgan fingerprint density at radius 3 is 2.85 bits per heavy atom. The van der Waals surface area contributed by atoms with Gasteiger partial charge in [-0.15, -0.1) is 10.2 Å². The number of aromatic nitrogens is 3. The van der Waals surface area contributed by atoms with Crippen molar-refractivity contribution in [1.82, 2.24) is 24.6 Å². The summed E-state index contributed by atoms with van der Waals surface area (Å²) in [4.78, 5) is 30.1. The zero-order valence-electron chi connectivity index (χ0n) is 17.4. The summed E-state index contributed by atoms with van der Waals surface area (Å²) in [6.07, 6.45) is 3.68. The Morgan fingerprint density at radius 1 is 1.18 bits per heavy atom. The molecule has 2 saturated heterocycles. The molecule has 8 nitrogen and oxygen atoms in total. The number of nitrogens with zero attached hydrogens (tertiary/aromatic N) is 5. The minimum Gasteiger partial charge on any atom is -0.503 e. The average Bonchev–Trinajstić information content (AvgIpc) is 3.50. The Hall–Kier alpha value is -3.18. The predicted molar refractivity (Wildman–Crippen MR) is 115 cm³/mol. The Labute approximate surface area is 190 Å². The van der Waals surface area contributed by atoms with E-state index in [2.05, 4.69) is 15.1 Å². The van der Waals surface area contributed by atoms with Crippen molar-refractivity contribution in [2.45, 2.75) is 38.0 Å². The number of benzene rings is 1. The van der Waals surface area contributed by atoms with E-state index >= 15 is 0 Å². The van der Waals surface area contributed by atoms with Crippen LogP contribution in [0.15, 0.2) is 29.2 Å². The van der Waals surface area contributed by atoms with E-state index in [1.807, 2.05) is 0 Å². The second kappa shape index (κ2) is 7.42. The third kappa shape index (κ3) is 3.17. The minimum atomic E-state index is -0.691. The van der Waals surface area contributed by atoms with Crippen LogP contribution >= 0.6 is 11.3 Å². The Morgan fingerprint density at radius 2 is 2.03 bits per heavy atom. The van der Waals surface area contributed by atoms with Crippen LogP contribution in [-0.2, 0) is 13.0 Å². The summed E-state index contributed by atoms with van der Waals surface area (Å²) >= 11 is 1.09. The van der Waals surface area contributed by atoms with E-state index in [4.69, 9.17) is 0 Å². The quantitative estimate of drug-likeness (QED) is 0.630. The molecule has 3 aliphatic heterocycles. The monoisotopic (exact) mass is 471 g/mol. The van der Waals surface area contributed by atoms with Crippen LogP contribution in [0, 0.1) is 11.6 Å². The van der Waals surface area contributed by atoms with Crippen LogP contribution in [-0.4, -0.2) is 60.9 Å². The second-order valence-electron chi connectivity index (χ2n) is 8.61. The van der Waals surface area contributed by atoms with E-state index in [-0.39, 0.29) is 40.3 Å². The average molecular weight is 471 g/mol. The van der Waals surface area contributed by atoms with Gasteiger partial charge in [-0.1, -0.05) is 17.4 Å². The first kappa shape index (κ1) is 20.4. The molecule has 0 radical (unpaired) electrons. The molecule has 3 aliphatic rings. The molecule has 0 aliphatic carbocycles. The third-order valence-electron chi connectivity index (χ3n) is 6.71. The molecular formula is C22H19F2N5O3S. The van der Waals surface area contributed by atoms with Gasteiger partial charge in [-0.2, -0.15) is 0 Å². The lowest BCUT2D eigenvalue weighted by atomic mass is 10.1. The topological polar surface area (TPSA) is 91.6 Å². The van der Waals surface area contributed by atoms with Crippen molar-refractivity contribution in [2.75, 3.05) is 13.1 Å². The number of carbonyl (C=O) groups is 1. The number of pyridine rings is 1. The fourth-order valence-corrected chi connectivity index (χ4v) is 6.01. The molecule has 0 saturated carbocycles. The highest BCUT2D eigenvalue weighted by Crippen LogP contribution is 2.36. The van der Waals surface area contributed by atoms with Crippen LogP contribution in [0.3, 0.4) is 0 Å². The van der Waals surface area contributed by atoms with E-state index in [0.29, 0.717) is 24.1 Å². The molecule has 2 fully saturated rings. The first-order valence-electron chi connectivity index (χ1n) is 10.7. The highest BCUT2D eigenvalue weighted by atomic mass is 32.1. The van der Waals surface area contributed by atoms with E-state index in [0.717, 1.165) is 36.8 Å².